The lowest BCUT2D eigenvalue weighted by atomic mass is 9.96. The van der Waals surface area contributed by atoms with Crippen molar-refractivity contribution in [3.8, 4) is 0 Å². The van der Waals surface area contributed by atoms with Crippen LogP contribution in [0, 0.1) is 6.92 Å². The number of hydrogen-bond acceptors (Lipinski definition) is 1. The Kier molecular flexibility index (Phi) is 6.46. The van der Waals surface area contributed by atoms with Crippen LogP contribution in [0.25, 0.3) is 0 Å². The van der Waals surface area contributed by atoms with E-state index in [0.29, 0.717) is 6.04 Å². The van der Waals surface area contributed by atoms with Crippen molar-refractivity contribution in [2.75, 3.05) is 6.54 Å². The maximum Gasteiger partial charge on any atom is 0.0372 e. The molecule has 0 saturated carbocycles. The van der Waals surface area contributed by atoms with Crippen LogP contribution >= 0.6 is 31.9 Å². The van der Waals surface area contributed by atoms with Gasteiger partial charge in [0, 0.05) is 15.0 Å². The summed E-state index contributed by atoms with van der Waals surface area (Å²) in [5.74, 6) is 0. The molecule has 21 heavy (non-hydrogen) atoms. The molecule has 0 aromatic heterocycles. The van der Waals surface area contributed by atoms with Gasteiger partial charge < -0.3 is 5.32 Å². The highest BCUT2D eigenvalue weighted by Gasteiger charge is 2.15. The standard InChI is InChI=1S/C18H21Br2N/c1-3-10-21-18(11-14-7-5-4-6-13(14)2)16-9-8-15(19)12-17(16)20/h4-9,12,18,21H,3,10-11H2,1-2H3. The molecular weight excluding hydrogens is 390 g/mol. The highest BCUT2D eigenvalue weighted by atomic mass is 79.9. The Labute approximate surface area is 144 Å². The van der Waals surface area contributed by atoms with Crippen molar-refractivity contribution in [1.82, 2.24) is 5.32 Å². The van der Waals surface area contributed by atoms with Crippen molar-refractivity contribution in [3.63, 3.8) is 0 Å². The van der Waals surface area contributed by atoms with Crippen molar-refractivity contribution in [2.45, 2.75) is 32.7 Å². The molecule has 0 heterocycles. The van der Waals surface area contributed by atoms with Crippen LogP contribution in [-0.2, 0) is 6.42 Å². The van der Waals surface area contributed by atoms with E-state index in [9.17, 15) is 0 Å². The van der Waals surface area contributed by atoms with E-state index in [1.807, 2.05) is 0 Å². The minimum absolute atomic E-state index is 0.327. The molecule has 0 aliphatic carbocycles. The number of hydrogen-bond donors (Lipinski definition) is 1. The highest BCUT2D eigenvalue weighted by molar-refractivity contribution is 9.11. The van der Waals surface area contributed by atoms with Crippen LogP contribution in [0.3, 0.4) is 0 Å². The lowest BCUT2D eigenvalue weighted by Crippen LogP contribution is -2.24. The smallest absolute Gasteiger partial charge is 0.0372 e. The zero-order valence-electron chi connectivity index (χ0n) is 12.5. The van der Waals surface area contributed by atoms with E-state index < -0.39 is 0 Å². The summed E-state index contributed by atoms with van der Waals surface area (Å²) in [6.07, 6.45) is 2.14. The van der Waals surface area contributed by atoms with E-state index in [2.05, 4.69) is 93.5 Å². The van der Waals surface area contributed by atoms with Gasteiger partial charge in [-0.15, -0.1) is 0 Å². The van der Waals surface area contributed by atoms with Crippen LogP contribution < -0.4 is 5.32 Å². The molecule has 0 spiro atoms. The average Bonchev–Trinajstić information content (AvgIpc) is 2.46. The Morgan fingerprint density at radius 3 is 2.52 bits per heavy atom. The number of rotatable bonds is 6. The van der Waals surface area contributed by atoms with Gasteiger partial charge in [-0.1, -0.05) is 69.1 Å². The van der Waals surface area contributed by atoms with Crippen molar-refractivity contribution in [1.29, 1.82) is 0 Å². The highest BCUT2D eigenvalue weighted by Crippen LogP contribution is 2.29. The van der Waals surface area contributed by atoms with Gasteiger partial charge in [-0.25, -0.2) is 0 Å². The second kappa shape index (κ2) is 8.11. The average molecular weight is 411 g/mol. The number of halogens is 2. The van der Waals surface area contributed by atoms with E-state index in [1.165, 1.54) is 16.7 Å². The minimum atomic E-state index is 0.327. The van der Waals surface area contributed by atoms with Gasteiger partial charge in [0.05, 0.1) is 0 Å². The first-order valence-electron chi connectivity index (χ1n) is 7.34. The molecule has 0 saturated heterocycles. The molecule has 0 fully saturated rings. The molecule has 0 amide bonds. The van der Waals surface area contributed by atoms with Gasteiger partial charge in [-0.05, 0) is 55.1 Å². The molecule has 1 unspecified atom stereocenters. The molecular formula is C18H21Br2N. The Bertz CT molecular complexity index is 596. The quantitative estimate of drug-likeness (QED) is 0.634. The second-order valence-corrected chi connectivity index (χ2v) is 7.07. The summed E-state index contributed by atoms with van der Waals surface area (Å²) in [5, 5.41) is 3.68. The molecule has 0 bridgehead atoms. The van der Waals surface area contributed by atoms with Crippen LogP contribution in [0.2, 0.25) is 0 Å². The third-order valence-corrected chi connectivity index (χ3v) is 4.84. The zero-order chi connectivity index (χ0) is 15.2. The lowest BCUT2D eigenvalue weighted by Gasteiger charge is -2.21. The van der Waals surface area contributed by atoms with Gasteiger partial charge in [-0.2, -0.15) is 0 Å². The first-order chi connectivity index (χ1) is 10.1. The van der Waals surface area contributed by atoms with E-state index in [4.69, 9.17) is 0 Å². The number of aryl methyl sites for hydroxylation is 1. The van der Waals surface area contributed by atoms with Gasteiger partial charge in [0.15, 0.2) is 0 Å². The first kappa shape index (κ1) is 16.7. The van der Waals surface area contributed by atoms with Gasteiger partial charge in [0.2, 0.25) is 0 Å². The van der Waals surface area contributed by atoms with Crippen LogP contribution in [0.5, 0.6) is 0 Å². The van der Waals surface area contributed by atoms with Crippen molar-refractivity contribution in [2.24, 2.45) is 0 Å². The van der Waals surface area contributed by atoms with Crippen molar-refractivity contribution < 1.29 is 0 Å². The molecule has 3 heteroatoms. The Morgan fingerprint density at radius 2 is 1.86 bits per heavy atom. The van der Waals surface area contributed by atoms with Gasteiger partial charge >= 0.3 is 0 Å². The summed E-state index contributed by atoms with van der Waals surface area (Å²) in [4.78, 5) is 0. The molecule has 1 atom stereocenters. The van der Waals surface area contributed by atoms with Crippen LogP contribution in [0.1, 0.15) is 36.1 Å². The van der Waals surface area contributed by atoms with E-state index in [0.717, 1.165) is 28.3 Å². The van der Waals surface area contributed by atoms with E-state index >= 15 is 0 Å². The maximum absolute atomic E-state index is 3.70. The molecule has 112 valence electrons. The maximum atomic E-state index is 3.70. The summed E-state index contributed by atoms with van der Waals surface area (Å²) in [6.45, 7) is 5.41. The Balaban J connectivity index is 2.27. The summed E-state index contributed by atoms with van der Waals surface area (Å²) in [5.41, 5.74) is 4.07. The normalized spacial score (nSPS) is 12.4. The number of nitrogens with one attached hydrogen (secondary N) is 1. The van der Waals surface area contributed by atoms with E-state index in [-0.39, 0.29) is 0 Å². The minimum Gasteiger partial charge on any atom is -0.310 e. The van der Waals surface area contributed by atoms with Crippen molar-refractivity contribution in [3.05, 3.63) is 68.1 Å². The predicted octanol–water partition coefficient (Wildman–Crippen LogP) is 5.80. The van der Waals surface area contributed by atoms with Gasteiger partial charge in [0.25, 0.3) is 0 Å². The summed E-state index contributed by atoms with van der Waals surface area (Å²) < 4.78 is 2.25. The molecule has 0 radical (unpaired) electrons. The van der Waals surface area contributed by atoms with Crippen molar-refractivity contribution >= 4 is 31.9 Å². The Hall–Kier alpha value is -0.640. The van der Waals surface area contributed by atoms with Gasteiger partial charge in [0.1, 0.15) is 0 Å². The third kappa shape index (κ3) is 4.67. The fourth-order valence-corrected chi connectivity index (χ4v) is 3.78. The third-order valence-electron chi connectivity index (χ3n) is 3.66. The second-order valence-electron chi connectivity index (χ2n) is 5.30. The fraction of sp³-hybridized carbons (Fsp3) is 0.333. The fourth-order valence-electron chi connectivity index (χ4n) is 2.45. The SMILES string of the molecule is CCCNC(Cc1ccccc1C)c1ccc(Br)cc1Br. The monoisotopic (exact) mass is 409 g/mol. The molecule has 1 nitrogen and oxygen atoms in total. The summed E-state index contributed by atoms with van der Waals surface area (Å²) in [7, 11) is 0. The predicted molar refractivity (Wildman–Crippen MR) is 97.8 cm³/mol. The topological polar surface area (TPSA) is 12.0 Å². The van der Waals surface area contributed by atoms with Crippen LogP contribution in [0.15, 0.2) is 51.4 Å². The largest absolute Gasteiger partial charge is 0.310 e. The molecule has 2 aromatic rings. The molecule has 2 aromatic carbocycles. The molecule has 1 N–H and O–H groups in total. The molecule has 0 aliphatic heterocycles. The number of benzene rings is 2. The molecule has 2 rings (SSSR count). The van der Waals surface area contributed by atoms with Crippen LogP contribution in [0.4, 0.5) is 0 Å². The van der Waals surface area contributed by atoms with Crippen LogP contribution in [-0.4, -0.2) is 6.54 Å². The van der Waals surface area contributed by atoms with E-state index in [1.54, 1.807) is 0 Å². The first-order valence-corrected chi connectivity index (χ1v) is 8.93. The lowest BCUT2D eigenvalue weighted by molar-refractivity contribution is 0.526. The summed E-state index contributed by atoms with van der Waals surface area (Å²) >= 11 is 7.23. The van der Waals surface area contributed by atoms with Gasteiger partial charge in [-0.3, -0.25) is 0 Å². The zero-order valence-corrected chi connectivity index (χ0v) is 15.7. The summed E-state index contributed by atoms with van der Waals surface area (Å²) in [6, 6.07) is 15.4. The Morgan fingerprint density at radius 1 is 1.10 bits per heavy atom. The molecule has 0 aliphatic rings.